The van der Waals surface area contributed by atoms with E-state index in [1.807, 2.05) is 30.3 Å². The van der Waals surface area contributed by atoms with E-state index < -0.39 is 0 Å². The Labute approximate surface area is 90.8 Å². The monoisotopic (exact) mass is 209 g/mol. The molecule has 76 valence electrons. The Morgan fingerprint density at radius 2 is 1.79 bits per heavy atom. The van der Waals surface area contributed by atoms with E-state index in [1.54, 1.807) is 6.21 Å². The fraction of sp³-hybridized carbons (Fsp3) is 0.417. The van der Waals surface area contributed by atoms with Crippen LogP contribution in [0, 0.1) is 0 Å². The van der Waals surface area contributed by atoms with Gasteiger partial charge in [-0.1, -0.05) is 30.3 Å². The smallest absolute Gasteiger partial charge is 0.0933 e. The molecule has 0 aliphatic carbocycles. The molecular formula is C12H16ClN. The average Bonchev–Trinajstić information content (AvgIpc) is 2.14. The first-order valence-electron chi connectivity index (χ1n) is 4.73. The molecule has 0 spiro atoms. The number of benzene rings is 1. The van der Waals surface area contributed by atoms with Gasteiger partial charge < -0.3 is 0 Å². The molecule has 0 amide bonds. The zero-order valence-corrected chi connectivity index (χ0v) is 9.62. The third-order valence-electron chi connectivity index (χ3n) is 1.71. The molecule has 2 heteroatoms. The lowest BCUT2D eigenvalue weighted by Gasteiger charge is -2.12. The number of nitrogens with zero attached hydrogens (tertiary/aromatic N) is 1. The highest BCUT2D eigenvalue weighted by molar-refractivity contribution is 6.28. The molecule has 0 radical (unpaired) electrons. The average molecular weight is 210 g/mol. The molecule has 1 rings (SSSR count). The van der Waals surface area contributed by atoms with E-state index in [0.717, 1.165) is 5.56 Å². The van der Waals surface area contributed by atoms with Crippen molar-refractivity contribution in [3.05, 3.63) is 35.9 Å². The van der Waals surface area contributed by atoms with E-state index in [-0.39, 0.29) is 10.9 Å². The van der Waals surface area contributed by atoms with Crippen LogP contribution in [0.4, 0.5) is 0 Å². The molecule has 0 bridgehead atoms. The third-order valence-corrected chi connectivity index (χ3v) is 2.08. The normalized spacial score (nSPS) is 14.6. The summed E-state index contributed by atoms with van der Waals surface area (Å²) >= 11 is 6.16. The highest BCUT2D eigenvalue weighted by atomic mass is 35.5. The van der Waals surface area contributed by atoms with Crippen molar-refractivity contribution >= 4 is 17.8 Å². The van der Waals surface area contributed by atoms with E-state index in [0.29, 0.717) is 0 Å². The molecule has 1 nitrogen and oxygen atoms in total. The minimum absolute atomic E-state index is 0.0537. The van der Waals surface area contributed by atoms with Crippen LogP contribution in [-0.4, -0.2) is 11.8 Å². The van der Waals surface area contributed by atoms with E-state index in [9.17, 15) is 0 Å². The summed E-state index contributed by atoms with van der Waals surface area (Å²) in [5, 5.41) is -0.129. The minimum atomic E-state index is -0.129. The van der Waals surface area contributed by atoms with Crippen LogP contribution in [0.2, 0.25) is 0 Å². The zero-order chi connectivity index (χ0) is 10.6. The minimum Gasteiger partial charge on any atom is -0.290 e. The zero-order valence-electron chi connectivity index (χ0n) is 8.87. The molecular weight excluding hydrogens is 194 g/mol. The van der Waals surface area contributed by atoms with Gasteiger partial charge in [-0.2, -0.15) is 0 Å². The van der Waals surface area contributed by atoms with Gasteiger partial charge in [0.15, 0.2) is 0 Å². The lowest BCUT2D eigenvalue weighted by Crippen LogP contribution is -2.10. The van der Waals surface area contributed by atoms with Gasteiger partial charge >= 0.3 is 0 Å². The maximum atomic E-state index is 6.16. The van der Waals surface area contributed by atoms with Gasteiger partial charge in [0.05, 0.1) is 10.9 Å². The fourth-order valence-corrected chi connectivity index (χ4v) is 1.21. The van der Waals surface area contributed by atoms with Crippen molar-refractivity contribution in [3.63, 3.8) is 0 Å². The Bertz CT molecular complexity index is 298. The van der Waals surface area contributed by atoms with Gasteiger partial charge in [0.1, 0.15) is 0 Å². The second-order valence-corrected chi connectivity index (χ2v) is 4.73. The molecule has 0 heterocycles. The van der Waals surface area contributed by atoms with E-state index in [2.05, 4.69) is 25.8 Å². The van der Waals surface area contributed by atoms with Crippen LogP contribution in [0.1, 0.15) is 31.7 Å². The summed E-state index contributed by atoms with van der Waals surface area (Å²) in [6.07, 6.45) is 1.80. The molecule has 1 unspecified atom stereocenters. The van der Waals surface area contributed by atoms with Gasteiger partial charge in [-0.15, -0.1) is 11.6 Å². The Morgan fingerprint density at radius 3 is 2.29 bits per heavy atom. The predicted molar refractivity (Wildman–Crippen MR) is 63.3 cm³/mol. The summed E-state index contributed by atoms with van der Waals surface area (Å²) in [4.78, 5) is 4.38. The van der Waals surface area contributed by atoms with Gasteiger partial charge in [0.2, 0.25) is 0 Å². The number of hydrogen-bond donors (Lipinski definition) is 0. The Hall–Kier alpha value is -0.820. The van der Waals surface area contributed by atoms with Crippen molar-refractivity contribution in [1.82, 2.24) is 0 Å². The highest BCUT2D eigenvalue weighted by Gasteiger charge is 2.08. The molecule has 1 aromatic carbocycles. The van der Waals surface area contributed by atoms with Crippen molar-refractivity contribution < 1.29 is 0 Å². The van der Waals surface area contributed by atoms with Gasteiger partial charge in [0, 0.05) is 6.21 Å². The van der Waals surface area contributed by atoms with Crippen LogP contribution < -0.4 is 0 Å². The summed E-state index contributed by atoms with van der Waals surface area (Å²) in [5.41, 5.74) is 1.03. The lowest BCUT2D eigenvalue weighted by atomic mass is 10.1. The Kier molecular flexibility index (Phi) is 3.70. The summed E-state index contributed by atoms with van der Waals surface area (Å²) in [7, 11) is 0. The fourth-order valence-electron chi connectivity index (χ4n) is 1.01. The molecule has 0 saturated heterocycles. The van der Waals surface area contributed by atoms with Crippen molar-refractivity contribution in [1.29, 1.82) is 0 Å². The van der Waals surface area contributed by atoms with Crippen molar-refractivity contribution in [2.75, 3.05) is 0 Å². The summed E-state index contributed by atoms with van der Waals surface area (Å²) in [6.45, 7) is 6.16. The van der Waals surface area contributed by atoms with Crippen LogP contribution in [0.25, 0.3) is 0 Å². The number of alkyl halides is 1. The number of rotatable bonds is 2. The van der Waals surface area contributed by atoms with Gasteiger partial charge in [-0.25, -0.2) is 0 Å². The maximum Gasteiger partial charge on any atom is 0.0933 e. The second kappa shape index (κ2) is 4.61. The van der Waals surface area contributed by atoms with Crippen molar-refractivity contribution in [2.45, 2.75) is 31.7 Å². The summed E-state index contributed by atoms with van der Waals surface area (Å²) in [5.74, 6) is 0. The van der Waals surface area contributed by atoms with Gasteiger partial charge in [0.25, 0.3) is 0 Å². The first kappa shape index (κ1) is 11.3. The lowest BCUT2D eigenvalue weighted by molar-refractivity contribution is 0.585. The molecule has 0 N–H and O–H groups in total. The van der Waals surface area contributed by atoms with Crippen LogP contribution >= 0.6 is 11.6 Å². The Morgan fingerprint density at radius 1 is 1.21 bits per heavy atom. The molecule has 1 atom stereocenters. The quantitative estimate of drug-likeness (QED) is 0.519. The molecule has 14 heavy (non-hydrogen) atoms. The number of aliphatic imine (C=N–C) groups is 1. The molecule has 0 aliphatic heterocycles. The Balaban J connectivity index is 2.69. The first-order valence-corrected chi connectivity index (χ1v) is 5.17. The standard InChI is InChI=1S/C12H16ClN/c1-12(2,3)14-9-11(13)10-7-5-4-6-8-10/h4-9,11H,1-3H3. The molecule has 0 aromatic heterocycles. The highest BCUT2D eigenvalue weighted by Crippen LogP contribution is 2.18. The first-order chi connectivity index (χ1) is 6.49. The largest absolute Gasteiger partial charge is 0.290 e. The second-order valence-electron chi connectivity index (χ2n) is 4.26. The SMILES string of the molecule is CC(C)(C)N=CC(Cl)c1ccccc1. The molecule has 0 aliphatic rings. The van der Waals surface area contributed by atoms with Crippen LogP contribution in [-0.2, 0) is 0 Å². The number of hydrogen-bond acceptors (Lipinski definition) is 1. The van der Waals surface area contributed by atoms with Crippen LogP contribution in [0.5, 0.6) is 0 Å². The van der Waals surface area contributed by atoms with E-state index in [4.69, 9.17) is 11.6 Å². The van der Waals surface area contributed by atoms with E-state index in [1.165, 1.54) is 0 Å². The van der Waals surface area contributed by atoms with Crippen LogP contribution in [0.15, 0.2) is 35.3 Å². The summed E-state index contributed by atoms with van der Waals surface area (Å²) < 4.78 is 0. The molecule has 0 saturated carbocycles. The van der Waals surface area contributed by atoms with E-state index >= 15 is 0 Å². The third kappa shape index (κ3) is 3.93. The maximum absolute atomic E-state index is 6.16. The summed E-state index contributed by atoms with van der Waals surface area (Å²) in [6, 6.07) is 9.96. The topological polar surface area (TPSA) is 12.4 Å². The number of halogens is 1. The predicted octanol–water partition coefficient (Wildman–Crippen LogP) is 3.84. The van der Waals surface area contributed by atoms with Crippen molar-refractivity contribution in [3.8, 4) is 0 Å². The van der Waals surface area contributed by atoms with Gasteiger partial charge in [-0.3, -0.25) is 4.99 Å². The van der Waals surface area contributed by atoms with Crippen LogP contribution in [0.3, 0.4) is 0 Å². The molecule has 1 aromatic rings. The molecule has 0 fully saturated rings. The van der Waals surface area contributed by atoms with Gasteiger partial charge in [-0.05, 0) is 26.3 Å². The van der Waals surface area contributed by atoms with Crippen molar-refractivity contribution in [2.24, 2.45) is 4.99 Å².